The molecule has 0 fully saturated rings. The number of hydrogen-bond acceptors (Lipinski definition) is 3. The third-order valence-corrected chi connectivity index (χ3v) is 3.16. The molecule has 1 atom stereocenters. The molecule has 1 aromatic carbocycles. The molecule has 0 saturated heterocycles. The molecular weight excluding hydrogens is 278 g/mol. The Morgan fingerprint density at radius 1 is 1.00 bits per heavy atom. The van der Waals surface area contributed by atoms with Gasteiger partial charge in [-0.3, -0.25) is 4.79 Å². The van der Waals surface area contributed by atoms with Gasteiger partial charge >= 0.3 is 6.09 Å². The first-order valence-electron chi connectivity index (χ1n) is 7.54. The molecule has 0 bridgehead atoms. The zero-order chi connectivity index (χ0) is 17.1. The molecule has 1 aromatic rings. The Kier molecular flexibility index (Phi) is 5.39. The zero-order valence-electron chi connectivity index (χ0n) is 14.6. The number of benzene rings is 1. The van der Waals surface area contributed by atoms with Crippen molar-refractivity contribution in [2.45, 2.75) is 65.5 Å². The van der Waals surface area contributed by atoms with Gasteiger partial charge in [0.25, 0.3) is 0 Å². The van der Waals surface area contributed by atoms with Crippen molar-refractivity contribution >= 4 is 11.9 Å². The third kappa shape index (κ3) is 5.51. The number of ketones is 1. The number of Topliss-reactive ketones (excluding diaryl/α,β-unsaturated/α-hetero) is 1. The van der Waals surface area contributed by atoms with Crippen LogP contribution in [0.15, 0.2) is 24.3 Å². The Balaban J connectivity index is 2.73. The Bertz CT molecular complexity index is 533. The zero-order valence-corrected chi connectivity index (χ0v) is 14.6. The Labute approximate surface area is 133 Å². The molecular formula is C18H27NO3. The van der Waals surface area contributed by atoms with Crippen LogP contribution < -0.4 is 5.32 Å². The molecule has 0 spiro atoms. The highest BCUT2D eigenvalue weighted by atomic mass is 16.6. The molecule has 1 rings (SSSR count). The fourth-order valence-corrected chi connectivity index (χ4v) is 1.93. The molecule has 4 heteroatoms. The number of hydrogen-bond donors (Lipinski definition) is 1. The third-order valence-electron chi connectivity index (χ3n) is 3.16. The molecule has 1 N–H and O–H groups in total. The van der Waals surface area contributed by atoms with Crippen LogP contribution >= 0.6 is 0 Å². The summed E-state index contributed by atoms with van der Waals surface area (Å²) in [6.45, 7) is 13.4. The molecule has 0 radical (unpaired) electrons. The number of nitrogens with one attached hydrogen (secondary N) is 1. The van der Waals surface area contributed by atoms with Crippen LogP contribution in [0.3, 0.4) is 0 Å². The van der Waals surface area contributed by atoms with Gasteiger partial charge in [0.05, 0.1) is 6.04 Å². The van der Waals surface area contributed by atoms with Crippen LogP contribution in [0.5, 0.6) is 0 Å². The molecule has 122 valence electrons. The van der Waals surface area contributed by atoms with E-state index in [1.807, 2.05) is 12.1 Å². The maximum atomic E-state index is 12.3. The number of alkyl carbamates (subject to hydrolysis) is 1. The largest absolute Gasteiger partial charge is 0.444 e. The van der Waals surface area contributed by atoms with Crippen LogP contribution in [-0.4, -0.2) is 23.5 Å². The monoisotopic (exact) mass is 305 g/mol. The lowest BCUT2D eigenvalue weighted by Gasteiger charge is -2.22. The number of amides is 1. The number of ether oxygens (including phenoxy) is 1. The van der Waals surface area contributed by atoms with Gasteiger partial charge in [-0.05, 0) is 38.7 Å². The highest BCUT2D eigenvalue weighted by Gasteiger charge is 2.22. The van der Waals surface area contributed by atoms with E-state index in [0.29, 0.717) is 5.56 Å². The van der Waals surface area contributed by atoms with Gasteiger partial charge in [0, 0.05) is 5.56 Å². The van der Waals surface area contributed by atoms with E-state index in [4.69, 9.17) is 4.74 Å². The average Bonchev–Trinajstić information content (AvgIpc) is 2.34. The first kappa shape index (κ1) is 18.2. The second-order valence-corrected chi connectivity index (χ2v) is 7.56. The average molecular weight is 305 g/mol. The summed E-state index contributed by atoms with van der Waals surface area (Å²) < 4.78 is 5.16. The fourth-order valence-electron chi connectivity index (χ4n) is 1.93. The normalized spacial score (nSPS) is 13.4. The Morgan fingerprint density at radius 2 is 1.50 bits per heavy atom. The molecule has 0 aliphatic rings. The molecule has 0 aliphatic carbocycles. The predicted molar refractivity (Wildman–Crippen MR) is 88.3 cm³/mol. The van der Waals surface area contributed by atoms with Gasteiger partial charge in [0.1, 0.15) is 5.60 Å². The number of carbonyl (C=O) groups is 2. The van der Waals surface area contributed by atoms with E-state index in [9.17, 15) is 9.59 Å². The number of carbonyl (C=O) groups excluding carboxylic acids is 2. The summed E-state index contributed by atoms with van der Waals surface area (Å²) in [5, 5.41) is 2.57. The standard InChI is InChI=1S/C18H27NO3/c1-12(19-16(21)22-18(5,6)7)15(20)13-8-10-14(11-9-13)17(2,3)4/h8-12H,1-7H3,(H,19,21). The lowest BCUT2D eigenvalue weighted by Crippen LogP contribution is -2.41. The predicted octanol–water partition coefficient (Wildman–Crippen LogP) is 4.08. The van der Waals surface area contributed by atoms with Crippen LogP contribution in [0.4, 0.5) is 4.79 Å². The fraction of sp³-hybridized carbons (Fsp3) is 0.556. The summed E-state index contributed by atoms with van der Waals surface area (Å²) in [6.07, 6.45) is -0.584. The van der Waals surface area contributed by atoms with Gasteiger partial charge in [0.2, 0.25) is 0 Å². The second-order valence-electron chi connectivity index (χ2n) is 7.56. The van der Waals surface area contributed by atoms with E-state index in [1.165, 1.54) is 0 Å². The van der Waals surface area contributed by atoms with Crippen LogP contribution in [0.2, 0.25) is 0 Å². The van der Waals surface area contributed by atoms with E-state index in [0.717, 1.165) is 5.56 Å². The molecule has 4 nitrogen and oxygen atoms in total. The topological polar surface area (TPSA) is 55.4 Å². The quantitative estimate of drug-likeness (QED) is 0.856. The van der Waals surface area contributed by atoms with Gasteiger partial charge in [-0.2, -0.15) is 0 Å². The molecule has 0 saturated carbocycles. The van der Waals surface area contributed by atoms with Crippen molar-refractivity contribution in [1.29, 1.82) is 0 Å². The van der Waals surface area contributed by atoms with E-state index < -0.39 is 17.7 Å². The van der Waals surface area contributed by atoms with Crippen LogP contribution in [0.1, 0.15) is 64.4 Å². The maximum absolute atomic E-state index is 12.3. The summed E-state index contributed by atoms with van der Waals surface area (Å²) in [6, 6.07) is 6.88. The van der Waals surface area contributed by atoms with Crippen molar-refractivity contribution in [2.24, 2.45) is 0 Å². The van der Waals surface area contributed by atoms with Gasteiger partial charge in [-0.25, -0.2) is 4.79 Å². The van der Waals surface area contributed by atoms with Gasteiger partial charge in [-0.15, -0.1) is 0 Å². The molecule has 0 heterocycles. The van der Waals surface area contributed by atoms with Crippen molar-refractivity contribution in [1.82, 2.24) is 5.32 Å². The Hall–Kier alpha value is -1.84. The first-order chi connectivity index (χ1) is 9.90. The molecule has 1 amide bonds. The van der Waals surface area contributed by atoms with E-state index in [-0.39, 0.29) is 11.2 Å². The van der Waals surface area contributed by atoms with E-state index >= 15 is 0 Å². The minimum Gasteiger partial charge on any atom is -0.444 e. The van der Waals surface area contributed by atoms with Crippen LogP contribution in [0.25, 0.3) is 0 Å². The number of rotatable bonds is 3. The SMILES string of the molecule is CC(NC(=O)OC(C)(C)C)C(=O)c1ccc(C(C)(C)C)cc1. The van der Waals surface area contributed by atoms with Crippen molar-refractivity contribution in [3.8, 4) is 0 Å². The molecule has 0 aromatic heterocycles. The maximum Gasteiger partial charge on any atom is 0.408 e. The van der Waals surface area contributed by atoms with Gasteiger partial charge < -0.3 is 10.1 Å². The van der Waals surface area contributed by atoms with Gasteiger partial charge in [0.15, 0.2) is 5.78 Å². The summed E-state index contributed by atoms with van der Waals surface area (Å²) in [5.41, 5.74) is 1.21. The smallest absolute Gasteiger partial charge is 0.408 e. The summed E-state index contributed by atoms with van der Waals surface area (Å²) in [4.78, 5) is 24.0. The van der Waals surface area contributed by atoms with Crippen molar-refractivity contribution < 1.29 is 14.3 Å². The van der Waals surface area contributed by atoms with Crippen LogP contribution in [0, 0.1) is 0 Å². The first-order valence-corrected chi connectivity index (χ1v) is 7.54. The second kappa shape index (κ2) is 6.51. The highest BCUT2D eigenvalue weighted by Crippen LogP contribution is 2.22. The van der Waals surface area contributed by atoms with Crippen molar-refractivity contribution in [3.63, 3.8) is 0 Å². The lowest BCUT2D eigenvalue weighted by molar-refractivity contribution is 0.0497. The molecule has 22 heavy (non-hydrogen) atoms. The summed E-state index contributed by atoms with van der Waals surface area (Å²) >= 11 is 0. The minimum atomic E-state index is -0.629. The van der Waals surface area contributed by atoms with Crippen LogP contribution in [-0.2, 0) is 10.2 Å². The van der Waals surface area contributed by atoms with Gasteiger partial charge in [-0.1, -0.05) is 45.0 Å². The van der Waals surface area contributed by atoms with E-state index in [1.54, 1.807) is 39.8 Å². The van der Waals surface area contributed by atoms with E-state index in [2.05, 4.69) is 26.1 Å². The van der Waals surface area contributed by atoms with Crippen molar-refractivity contribution in [2.75, 3.05) is 0 Å². The summed E-state index contributed by atoms with van der Waals surface area (Å²) in [7, 11) is 0. The minimum absolute atomic E-state index is 0.0436. The Morgan fingerprint density at radius 3 is 1.91 bits per heavy atom. The molecule has 0 aliphatic heterocycles. The highest BCUT2D eigenvalue weighted by molar-refractivity contribution is 6.01. The molecule has 1 unspecified atom stereocenters. The van der Waals surface area contributed by atoms with Crippen molar-refractivity contribution in [3.05, 3.63) is 35.4 Å². The summed E-state index contributed by atoms with van der Waals surface area (Å²) in [5.74, 6) is -0.133. The lowest BCUT2D eigenvalue weighted by atomic mass is 9.86.